The second-order valence-electron chi connectivity index (χ2n) is 9.11. The van der Waals surface area contributed by atoms with E-state index in [0.29, 0.717) is 22.5 Å². The summed E-state index contributed by atoms with van der Waals surface area (Å²) in [5.41, 5.74) is 0.671. The van der Waals surface area contributed by atoms with Crippen molar-refractivity contribution in [2.45, 2.75) is 44.6 Å². The highest BCUT2D eigenvalue weighted by molar-refractivity contribution is 7.93. The summed E-state index contributed by atoms with van der Waals surface area (Å²) in [5.74, 6) is -1.13. The van der Waals surface area contributed by atoms with Gasteiger partial charge in [-0.2, -0.15) is 5.10 Å². The number of nitrogens with zero attached hydrogens (tertiary/aromatic N) is 2. The van der Waals surface area contributed by atoms with Crippen LogP contribution in [0.5, 0.6) is 5.75 Å². The van der Waals surface area contributed by atoms with Gasteiger partial charge in [0.1, 0.15) is 17.3 Å². The van der Waals surface area contributed by atoms with Gasteiger partial charge in [-0.1, -0.05) is 12.1 Å². The molecule has 2 heterocycles. The topological polar surface area (TPSA) is 90.3 Å². The van der Waals surface area contributed by atoms with Crippen LogP contribution in [0.1, 0.15) is 43.1 Å². The van der Waals surface area contributed by atoms with E-state index in [-0.39, 0.29) is 28.5 Å². The molecule has 1 saturated carbocycles. The number of halogens is 2. The number of amides is 1. The largest absolute Gasteiger partial charge is 0.461 e. The van der Waals surface area contributed by atoms with Crippen LogP contribution in [0.4, 0.5) is 8.78 Å². The summed E-state index contributed by atoms with van der Waals surface area (Å²) in [7, 11) is -3.14. The molecule has 3 aromatic rings. The van der Waals surface area contributed by atoms with Crippen LogP contribution >= 0.6 is 0 Å². The van der Waals surface area contributed by atoms with Crippen LogP contribution in [0.3, 0.4) is 0 Å². The molecule has 1 N–H and O–H groups in total. The number of ether oxygens (including phenoxy) is 1. The molecule has 10 heteroatoms. The van der Waals surface area contributed by atoms with Crippen LogP contribution in [0, 0.1) is 5.82 Å². The van der Waals surface area contributed by atoms with Gasteiger partial charge in [0, 0.05) is 18.1 Å². The molecule has 2 fully saturated rings. The fourth-order valence-corrected chi connectivity index (χ4v) is 6.40. The number of alkyl halides is 1. The van der Waals surface area contributed by atoms with Gasteiger partial charge in [0.05, 0.1) is 34.0 Å². The Kier molecular flexibility index (Phi) is 4.97. The van der Waals surface area contributed by atoms with Crippen molar-refractivity contribution in [1.29, 1.82) is 0 Å². The standard InChI is InChI=1S/C23H23F2N3O4S/c1-13(24)32-17-5-3-4-14(8-17)21-20-18(25)9-15(10-19(20)28(27-21)16-6-7-16)22(29)26-23(2)11-33(30,31)12-23/h3-5,8-10,13,16H,6-7,11-12H2,1-2H3,(H,26,29). The highest BCUT2D eigenvalue weighted by Gasteiger charge is 2.45. The first kappa shape index (κ1) is 21.8. The average Bonchev–Trinajstić information content (AvgIpc) is 3.46. The summed E-state index contributed by atoms with van der Waals surface area (Å²) in [6.07, 6.45) is 0.297. The number of carbonyl (C=O) groups excluding carboxylic acids is 1. The zero-order valence-electron chi connectivity index (χ0n) is 18.1. The summed E-state index contributed by atoms with van der Waals surface area (Å²) in [5, 5.41) is 7.62. The summed E-state index contributed by atoms with van der Waals surface area (Å²) in [4.78, 5) is 12.8. The van der Waals surface area contributed by atoms with Crippen molar-refractivity contribution in [2.75, 3.05) is 11.5 Å². The Labute approximate surface area is 189 Å². The molecule has 0 spiro atoms. The van der Waals surface area contributed by atoms with Gasteiger partial charge in [0.15, 0.2) is 9.84 Å². The van der Waals surface area contributed by atoms with E-state index in [1.54, 1.807) is 41.9 Å². The molecule has 7 nitrogen and oxygen atoms in total. The minimum absolute atomic E-state index is 0.0993. The van der Waals surface area contributed by atoms with Crippen molar-refractivity contribution < 1.29 is 26.7 Å². The molecule has 1 amide bonds. The molecule has 1 aromatic heterocycles. The fourth-order valence-electron chi connectivity index (χ4n) is 4.40. The van der Waals surface area contributed by atoms with Crippen molar-refractivity contribution >= 4 is 26.6 Å². The summed E-state index contributed by atoms with van der Waals surface area (Å²) >= 11 is 0. The number of carbonyl (C=O) groups is 1. The lowest BCUT2D eigenvalue weighted by Gasteiger charge is -2.38. The Hall–Kier alpha value is -3.01. The molecule has 0 bridgehead atoms. The van der Waals surface area contributed by atoms with Gasteiger partial charge in [-0.15, -0.1) is 0 Å². The SMILES string of the molecule is CC(F)Oc1cccc(-c2nn(C3CC3)c3cc(C(=O)NC4(C)CS(=O)(=O)C4)cc(F)c23)c1. The van der Waals surface area contributed by atoms with E-state index in [1.165, 1.54) is 6.92 Å². The molecule has 1 unspecified atom stereocenters. The third-order valence-electron chi connectivity index (χ3n) is 5.81. The Bertz CT molecular complexity index is 1370. The summed E-state index contributed by atoms with van der Waals surface area (Å²) in [6.45, 7) is 2.93. The Balaban J connectivity index is 1.55. The minimum Gasteiger partial charge on any atom is -0.461 e. The molecule has 1 atom stereocenters. The van der Waals surface area contributed by atoms with Crippen molar-refractivity contribution in [3.8, 4) is 17.0 Å². The molecule has 1 aliphatic heterocycles. The monoisotopic (exact) mass is 475 g/mol. The molecule has 174 valence electrons. The van der Waals surface area contributed by atoms with Gasteiger partial charge < -0.3 is 10.1 Å². The van der Waals surface area contributed by atoms with E-state index in [4.69, 9.17) is 4.74 Å². The third kappa shape index (κ3) is 4.19. The van der Waals surface area contributed by atoms with E-state index in [9.17, 15) is 17.6 Å². The first-order valence-corrected chi connectivity index (χ1v) is 12.5. The average molecular weight is 476 g/mol. The zero-order chi connectivity index (χ0) is 23.5. The normalized spacial score (nSPS) is 19.6. The van der Waals surface area contributed by atoms with Crippen molar-refractivity contribution in [1.82, 2.24) is 15.1 Å². The summed E-state index contributed by atoms with van der Waals surface area (Å²) in [6, 6.07) is 9.48. The molecule has 33 heavy (non-hydrogen) atoms. The molecule has 2 aromatic carbocycles. The summed E-state index contributed by atoms with van der Waals surface area (Å²) < 4.78 is 58.6. The van der Waals surface area contributed by atoms with Crippen molar-refractivity contribution in [3.63, 3.8) is 0 Å². The number of hydrogen-bond acceptors (Lipinski definition) is 5. The first-order valence-electron chi connectivity index (χ1n) is 10.7. The van der Waals surface area contributed by atoms with Gasteiger partial charge in [-0.25, -0.2) is 17.2 Å². The van der Waals surface area contributed by atoms with Crippen LogP contribution < -0.4 is 10.1 Å². The predicted molar refractivity (Wildman–Crippen MR) is 119 cm³/mol. The number of sulfone groups is 1. The molecular formula is C23H23F2N3O4S. The lowest BCUT2D eigenvalue weighted by Crippen LogP contribution is -2.63. The maximum atomic E-state index is 15.4. The Morgan fingerprint density at radius 2 is 2.00 bits per heavy atom. The zero-order valence-corrected chi connectivity index (χ0v) is 19.0. The number of hydrogen-bond donors (Lipinski definition) is 1. The number of aromatic nitrogens is 2. The van der Waals surface area contributed by atoms with E-state index in [0.717, 1.165) is 18.9 Å². The lowest BCUT2D eigenvalue weighted by molar-refractivity contribution is 0.0860. The lowest BCUT2D eigenvalue weighted by atomic mass is 10.0. The van der Waals surface area contributed by atoms with Crippen LogP contribution in [-0.4, -0.2) is 47.5 Å². The van der Waals surface area contributed by atoms with Crippen molar-refractivity contribution in [2.24, 2.45) is 0 Å². The number of fused-ring (bicyclic) bond motifs is 1. The quantitative estimate of drug-likeness (QED) is 0.586. The van der Waals surface area contributed by atoms with Crippen LogP contribution in [0.15, 0.2) is 36.4 Å². The third-order valence-corrected chi connectivity index (χ3v) is 7.97. The van der Waals surface area contributed by atoms with Crippen LogP contribution in [0.2, 0.25) is 0 Å². The maximum absolute atomic E-state index is 15.4. The number of benzene rings is 2. The molecular weight excluding hydrogens is 452 g/mol. The fraction of sp³-hybridized carbons (Fsp3) is 0.391. The molecule has 1 saturated heterocycles. The molecule has 5 rings (SSSR count). The van der Waals surface area contributed by atoms with Gasteiger partial charge in [0.2, 0.25) is 6.36 Å². The predicted octanol–water partition coefficient (Wildman–Crippen LogP) is 3.79. The van der Waals surface area contributed by atoms with E-state index < -0.39 is 33.5 Å². The molecule has 2 aliphatic rings. The maximum Gasteiger partial charge on any atom is 0.251 e. The van der Waals surface area contributed by atoms with Crippen molar-refractivity contribution in [3.05, 3.63) is 47.8 Å². The van der Waals surface area contributed by atoms with Gasteiger partial charge in [-0.05, 0) is 44.0 Å². The van der Waals surface area contributed by atoms with Crippen LogP contribution in [-0.2, 0) is 9.84 Å². The highest BCUT2D eigenvalue weighted by Crippen LogP contribution is 2.41. The van der Waals surface area contributed by atoms with Gasteiger partial charge in [0.25, 0.3) is 5.91 Å². The molecule has 0 radical (unpaired) electrons. The second kappa shape index (κ2) is 7.51. The minimum atomic E-state index is -3.14. The Morgan fingerprint density at radius 3 is 2.64 bits per heavy atom. The second-order valence-corrected chi connectivity index (χ2v) is 11.2. The number of rotatable bonds is 6. The Morgan fingerprint density at radius 1 is 1.27 bits per heavy atom. The first-order chi connectivity index (χ1) is 15.5. The number of nitrogens with one attached hydrogen (secondary N) is 1. The van der Waals surface area contributed by atoms with E-state index >= 15 is 4.39 Å². The van der Waals surface area contributed by atoms with Gasteiger partial charge >= 0.3 is 0 Å². The highest BCUT2D eigenvalue weighted by atomic mass is 32.2. The van der Waals surface area contributed by atoms with E-state index in [1.807, 2.05) is 0 Å². The van der Waals surface area contributed by atoms with Gasteiger partial charge in [-0.3, -0.25) is 9.48 Å². The van der Waals surface area contributed by atoms with E-state index in [2.05, 4.69) is 10.4 Å². The smallest absolute Gasteiger partial charge is 0.251 e. The van der Waals surface area contributed by atoms with Crippen LogP contribution in [0.25, 0.3) is 22.2 Å². The molecule has 1 aliphatic carbocycles.